The quantitative estimate of drug-likeness (QED) is 0.748. The molecule has 17 heavy (non-hydrogen) atoms. The van der Waals surface area contributed by atoms with Crippen molar-refractivity contribution in [2.24, 2.45) is 0 Å². The number of rotatable bonds is 4. The van der Waals surface area contributed by atoms with E-state index in [0.29, 0.717) is 12.5 Å². The van der Waals surface area contributed by atoms with E-state index in [0.717, 1.165) is 24.3 Å². The highest BCUT2D eigenvalue weighted by Gasteiger charge is 2.23. The van der Waals surface area contributed by atoms with Gasteiger partial charge >= 0.3 is 0 Å². The van der Waals surface area contributed by atoms with Gasteiger partial charge in [0.05, 0.1) is 7.11 Å². The van der Waals surface area contributed by atoms with Crippen molar-refractivity contribution in [1.82, 2.24) is 4.90 Å². The van der Waals surface area contributed by atoms with Gasteiger partial charge < -0.3 is 9.64 Å². The van der Waals surface area contributed by atoms with Crippen LogP contribution in [0.3, 0.4) is 0 Å². The summed E-state index contributed by atoms with van der Waals surface area (Å²) in [5.74, 6) is 0.957. The lowest BCUT2D eigenvalue weighted by molar-refractivity contribution is 0.0950. The summed E-state index contributed by atoms with van der Waals surface area (Å²) in [7, 11) is 3.71. The number of benzene rings is 1. The maximum atomic E-state index is 12.1. The normalized spacial score (nSPS) is 20.5. The van der Waals surface area contributed by atoms with Gasteiger partial charge in [0.2, 0.25) is 0 Å². The molecule has 0 aliphatic carbocycles. The first-order chi connectivity index (χ1) is 8.20. The first kappa shape index (κ1) is 12.1. The lowest BCUT2D eigenvalue weighted by Crippen LogP contribution is -2.27. The molecule has 1 aromatic carbocycles. The Hall–Kier alpha value is -1.35. The third-order valence-corrected chi connectivity index (χ3v) is 3.48. The molecule has 0 amide bonds. The molecule has 2 rings (SSSR count). The van der Waals surface area contributed by atoms with Crippen molar-refractivity contribution in [3.8, 4) is 5.75 Å². The van der Waals surface area contributed by atoms with E-state index in [4.69, 9.17) is 4.74 Å². The van der Waals surface area contributed by atoms with Gasteiger partial charge in [-0.25, -0.2) is 0 Å². The van der Waals surface area contributed by atoms with Crippen LogP contribution in [0.15, 0.2) is 24.3 Å². The van der Waals surface area contributed by atoms with Crippen molar-refractivity contribution in [2.75, 3.05) is 20.7 Å². The molecule has 92 valence electrons. The fourth-order valence-electron chi connectivity index (χ4n) is 2.37. The van der Waals surface area contributed by atoms with Crippen LogP contribution in [0.4, 0.5) is 0 Å². The van der Waals surface area contributed by atoms with E-state index in [-0.39, 0.29) is 5.78 Å². The Bertz CT molecular complexity index is 403. The average Bonchev–Trinajstić information content (AvgIpc) is 2.75. The Morgan fingerprint density at radius 3 is 3.00 bits per heavy atom. The number of carbonyl (C=O) groups excluding carboxylic acids is 1. The molecule has 1 atom stereocenters. The monoisotopic (exact) mass is 233 g/mol. The van der Waals surface area contributed by atoms with Gasteiger partial charge in [0.1, 0.15) is 5.75 Å². The molecular weight excluding hydrogens is 214 g/mol. The zero-order valence-corrected chi connectivity index (χ0v) is 10.5. The Balaban J connectivity index is 2.03. The van der Waals surface area contributed by atoms with E-state index in [1.54, 1.807) is 7.11 Å². The van der Waals surface area contributed by atoms with Crippen LogP contribution >= 0.6 is 0 Å². The molecule has 1 aliphatic rings. The van der Waals surface area contributed by atoms with E-state index < -0.39 is 0 Å². The van der Waals surface area contributed by atoms with Crippen LogP contribution in [-0.4, -0.2) is 37.4 Å². The van der Waals surface area contributed by atoms with E-state index in [9.17, 15) is 4.79 Å². The number of likely N-dealkylation sites (tertiary alicyclic amines) is 1. The van der Waals surface area contributed by atoms with Gasteiger partial charge in [0.15, 0.2) is 5.78 Å². The number of hydrogen-bond donors (Lipinski definition) is 0. The van der Waals surface area contributed by atoms with Gasteiger partial charge in [-0.05, 0) is 38.6 Å². The highest BCUT2D eigenvalue weighted by Crippen LogP contribution is 2.21. The number of hydrogen-bond acceptors (Lipinski definition) is 3. The SMILES string of the molecule is COc1cccc(C(=O)CC2CCCN2C)c1. The topological polar surface area (TPSA) is 29.5 Å². The zero-order chi connectivity index (χ0) is 12.3. The van der Waals surface area contributed by atoms with Gasteiger partial charge in [-0.1, -0.05) is 12.1 Å². The molecule has 1 aromatic rings. The third kappa shape index (κ3) is 2.86. The lowest BCUT2D eigenvalue weighted by atomic mass is 10.0. The summed E-state index contributed by atoms with van der Waals surface area (Å²) in [6, 6.07) is 7.81. The average molecular weight is 233 g/mol. The second kappa shape index (κ2) is 5.32. The molecule has 1 heterocycles. The molecular formula is C14H19NO2. The summed E-state index contributed by atoms with van der Waals surface area (Å²) in [5, 5.41) is 0. The molecule has 1 unspecified atom stereocenters. The van der Waals surface area contributed by atoms with Crippen LogP contribution < -0.4 is 4.74 Å². The molecule has 0 saturated carbocycles. The van der Waals surface area contributed by atoms with E-state index in [2.05, 4.69) is 11.9 Å². The Labute approximate surface area is 102 Å². The first-order valence-corrected chi connectivity index (χ1v) is 6.08. The Kier molecular flexibility index (Phi) is 3.79. The van der Waals surface area contributed by atoms with Gasteiger partial charge in [0, 0.05) is 18.0 Å². The smallest absolute Gasteiger partial charge is 0.164 e. The maximum Gasteiger partial charge on any atom is 0.164 e. The number of Topliss-reactive ketones (excluding diaryl/α,β-unsaturated/α-hetero) is 1. The fourth-order valence-corrected chi connectivity index (χ4v) is 2.37. The zero-order valence-electron chi connectivity index (χ0n) is 10.5. The highest BCUT2D eigenvalue weighted by atomic mass is 16.5. The van der Waals surface area contributed by atoms with Crippen LogP contribution in [0.1, 0.15) is 29.6 Å². The second-order valence-corrected chi connectivity index (χ2v) is 4.64. The standard InChI is InChI=1S/C14H19NO2/c1-15-8-4-6-12(15)10-14(16)11-5-3-7-13(9-11)17-2/h3,5,7,9,12H,4,6,8,10H2,1-2H3. The fraction of sp³-hybridized carbons (Fsp3) is 0.500. The summed E-state index contributed by atoms with van der Waals surface area (Å²) in [4.78, 5) is 14.4. The highest BCUT2D eigenvalue weighted by molar-refractivity contribution is 5.96. The van der Waals surface area contributed by atoms with Crippen molar-refractivity contribution in [2.45, 2.75) is 25.3 Å². The minimum absolute atomic E-state index is 0.211. The predicted octanol–water partition coefficient (Wildman–Crippen LogP) is 2.36. The minimum Gasteiger partial charge on any atom is -0.497 e. The molecule has 3 nitrogen and oxygen atoms in total. The largest absolute Gasteiger partial charge is 0.497 e. The maximum absolute atomic E-state index is 12.1. The Morgan fingerprint density at radius 2 is 2.35 bits per heavy atom. The number of carbonyl (C=O) groups is 1. The van der Waals surface area contributed by atoms with Crippen LogP contribution in [0.5, 0.6) is 5.75 Å². The van der Waals surface area contributed by atoms with Crippen molar-refractivity contribution < 1.29 is 9.53 Å². The van der Waals surface area contributed by atoms with E-state index in [1.165, 1.54) is 6.42 Å². The van der Waals surface area contributed by atoms with Crippen LogP contribution in [0, 0.1) is 0 Å². The molecule has 1 fully saturated rings. The molecule has 0 bridgehead atoms. The van der Waals surface area contributed by atoms with Crippen LogP contribution in [-0.2, 0) is 0 Å². The van der Waals surface area contributed by atoms with Crippen LogP contribution in [0.2, 0.25) is 0 Å². The summed E-state index contributed by atoms with van der Waals surface area (Å²) in [5.41, 5.74) is 0.754. The van der Waals surface area contributed by atoms with Gasteiger partial charge in [0.25, 0.3) is 0 Å². The van der Waals surface area contributed by atoms with E-state index >= 15 is 0 Å². The Morgan fingerprint density at radius 1 is 1.53 bits per heavy atom. The molecule has 1 saturated heterocycles. The number of ketones is 1. The minimum atomic E-state index is 0.211. The lowest BCUT2D eigenvalue weighted by Gasteiger charge is -2.18. The number of ether oxygens (including phenoxy) is 1. The second-order valence-electron chi connectivity index (χ2n) is 4.64. The molecule has 3 heteroatoms. The summed E-state index contributed by atoms with van der Waals surface area (Å²) >= 11 is 0. The molecule has 0 radical (unpaired) electrons. The number of methoxy groups -OCH3 is 1. The van der Waals surface area contributed by atoms with E-state index in [1.807, 2.05) is 24.3 Å². The molecule has 0 spiro atoms. The van der Waals surface area contributed by atoms with Crippen molar-refractivity contribution in [1.29, 1.82) is 0 Å². The molecule has 0 aromatic heterocycles. The first-order valence-electron chi connectivity index (χ1n) is 6.08. The van der Waals surface area contributed by atoms with Gasteiger partial charge in [-0.2, -0.15) is 0 Å². The summed E-state index contributed by atoms with van der Waals surface area (Å²) in [6.07, 6.45) is 2.95. The van der Waals surface area contributed by atoms with Crippen molar-refractivity contribution in [3.05, 3.63) is 29.8 Å². The summed E-state index contributed by atoms with van der Waals surface area (Å²) < 4.78 is 5.13. The van der Waals surface area contributed by atoms with Crippen molar-refractivity contribution >= 4 is 5.78 Å². The summed E-state index contributed by atoms with van der Waals surface area (Å²) in [6.45, 7) is 1.11. The molecule has 1 aliphatic heterocycles. The third-order valence-electron chi connectivity index (χ3n) is 3.48. The van der Waals surface area contributed by atoms with Crippen LogP contribution in [0.25, 0.3) is 0 Å². The predicted molar refractivity (Wildman–Crippen MR) is 67.6 cm³/mol. The molecule has 0 N–H and O–H groups in total. The van der Waals surface area contributed by atoms with Gasteiger partial charge in [-0.3, -0.25) is 4.79 Å². The van der Waals surface area contributed by atoms with Crippen molar-refractivity contribution in [3.63, 3.8) is 0 Å². The van der Waals surface area contributed by atoms with Gasteiger partial charge in [-0.15, -0.1) is 0 Å². The number of nitrogens with zero attached hydrogens (tertiary/aromatic N) is 1.